The molecular formula is C61H58IrN5. The molecule has 6 heteroatoms. The van der Waals surface area contributed by atoms with Crippen LogP contribution in [-0.4, -0.2) is 24.9 Å². The van der Waals surface area contributed by atoms with Crippen molar-refractivity contribution >= 4 is 0 Å². The first kappa shape index (κ1) is 49.7. The first-order valence-electron chi connectivity index (χ1n) is 23.4. The smallest absolute Gasteiger partial charge is 0.305 e. The van der Waals surface area contributed by atoms with Gasteiger partial charge < -0.3 is 15.0 Å². The Morgan fingerprint density at radius 3 is 1.15 bits per heavy atom. The monoisotopic (exact) mass is 1050 g/mol. The van der Waals surface area contributed by atoms with Crippen molar-refractivity contribution in [2.24, 2.45) is 0 Å². The average Bonchev–Trinajstić information content (AvgIpc) is 3.41. The van der Waals surface area contributed by atoms with Gasteiger partial charge >= 0.3 is 20.1 Å². The molecule has 336 valence electrons. The zero-order valence-corrected chi connectivity index (χ0v) is 41.0. The average molecular weight is 1050 g/mol. The van der Waals surface area contributed by atoms with E-state index in [1.54, 1.807) is 12.4 Å². The van der Waals surface area contributed by atoms with E-state index >= 15 is 0 Å². The van der Waals surface area contributed by atoms with E-state index in [1.165, 1.54) is 62.5 Å². The van der Waals surface area contributed by atoms with Crippen molar-refractivity contribution in [1.29, 1.82) is 0 Å². The minimum Gasteiger partial charge on any atom is -0.305 e. The number of aromatic nitrogens is 5. The fraction of sp³-hybridized carbons (Fsp3) is 0.197. The van der Waals surface area contributed by atoms with Crippen LogP contribution in [0.3, 0.4) is 0 Å². The number of benzene rings is 5. The molecule has 4 aromatic heterocycles. The molecule has 4 heterocycles. The Bertz CT molecular complexity index is 2490. The van der Waals surface area contributed by atoms with Gasteiger partial charge in [0.05, 0.1) is 11.4 Å². The maximum absolute atomic E-state index is 5.03. The minimum atomic E-state index is 0. The quantitative estimate of drug-likeness (QED) is 0.0713. The van der Waals surface area contributed by atoms with Gasteiger partial charge in [-0.25, -0.2) is 9.97 Å². The van der Waals surface area contributed by atoms with E-state index < -0.39 is 0 Å². The third kappa shape index (κ3) is 15.7. The molecule has 9 rings (SSSR count). The minimum absolute atomic E-state index is 0. The molecule has 0 atom stereocenters. The standard InChI is InChI=1S/C39H42N3.2C11H8N.Ir/c1-3-5-7-10-14-30-18-22-33(23-19-30)37-28-38(34-24-20-31(21-25-34)15-11-8-6-4-2)42-39(41-37)35-26-27-36(40-29-35)32-16-12-9-13-17-32;2*1-2-6-10(7-3-1)11-8-4-5-9-12-11;/h9,12-13,16,18-29H,3-8,10-11,14-15H2,1-2H3;2*1-6,8-9H;/q3*-1;+3. The predicted molar refractivity (Wildman–Crippen MR) is 273 cm³/mol. The van der Waals surface area contributed by atoms with Crippen molar-refractivity contribution in [1.82, 2.24) is 24.9 Å². The van der Waals surface area contributed by atoms with E-state index in [4.69, 9.17) is 15.0 Å². The summed E-state index contributed by atoms with van der Waals surface area (Å²) < 4.78 is 0. The molecule has 0 aliphatic rings. The second-order valence-corrected chi connectivity index (χ2v) is 16.2. The number of hydrogen-bond acceptors (Lipinski definition) is 5. The van der Waals surface area contributed by atoms with Gasteiger partial charge in [0.1, 0.15) is 0 Å². The molecule has 0 spiro atoms. The van der Waals surface area contributed by atoms with Crippen molar-refractivity contribution in [3.05, 3.63) is 224 Å². The van der Waals surface area contributed by atoms with E-state index in [1.807, 2.05) is 121 Å². The fourth-order valence-electron chi connectivity index (χ4n) is 7.46. The van der Waals surface area contributed by atoms with E-state index in [2.05, 4.69) is 103 Å². The second-order valence-electron chi connectivity index (χ2n) is 16.2. The van der Waals surface area contributed by atoms with Crippen molar-refractivity contribution in [3.63, 3.8) is 0 Å². The third-order valence-corrected chi connectivity index (χ3v) is 11.2. The summed E-state index contributed by atoms with van der Waals surface area (Å²) >= 11 is 0. The van der Waals surface area contributed by atoms with Gasteiger partial charge in [-0.1, -0.05) is 137 Å². The molecule has 5 aromatic carbocycles. The Morgan fingerprint density at radius 2 is 0.791 bits per heavy atom. The molecule has 0 fully saturated rings. The number of rotatable bonds is 16. The van der Waals surface area contributed by atoms with Crippen LogP contribution in [0.25, 0.3) is 67.7 Å². The molecule has 0 aliphatic heterocycles. The van der Waals surface area contributed by atoms with Gasteiger partial charge in [-0.2, -0.15) is 0 Å². The fourth-order valence-corrected chi connectivity index (χ4v) is 7.46. The summed E-state index contributed by atoms with van der Waals surface area (Å²) in [5.74, 6) is 0.686. The van der Waals surface area contributed by atoms with Crippen LogP contribution in [0.4, 0.5) is 0 Å². The van der Waals surface area contributed by atoms with E-state index in [-0.39, 0.29) is 20.1 Å². The molecule has 0 unspecified atom stereocenters. The number of nitrogens with zero attached hydrogens (tertiary/aromatic N) is 5. The number of pyridine rings is 3. The first-order chi connectivity index (χ1) is 32.7. The maximum atomic E-state index is 5.03. The topological polar surface area (TPSA) is 64.5 Å². The third-order valence-electron chi connectivity index (χ3n) is 11.2. The Labute approximate surface area is 412 Å². The SMILES string of the molecule is CCCCCCc1ccc(-c2cc(-c3ccc(CCCCCC)cc3)nc(-c3ccc(-c4[c-]cccc4)nc3)n2)cc1.[Ir+3].[c-]1ccccc1-c1ccccn1.[c-]1ccccc1-c1ccccn1. The molecule has 0 amide bonds. The largest absolute Gasteiger partial charge is 3.00 e. The summed E-state index contributed by atoms with van der Waals surface area (Å²) in [7, 11) is 0. The molecule has 9 aromatic rings. The molecule has 0 saturated heterocycles. The van der Waals surface area contributed by atoms with Crippen molar-refractivity contribution in [2.75, 3.05) is 0 Å². The Morgan fingerprint density at radius 1 is 0.373 bits per heavy atom. The zero-order chi connectivity index (χ0) is 45.4. The Balaban J connectivity index is 0.000000238. The van der Waals surface area contributed by atoms with Gasteiger partial charge in [-0.05, 0) is 72.1 Å². The molecule has 0 saturated carbocycles. The van der Waals surface area contributed by atoms with Crippen molar-refractivity contribution in [2.45, 2.75) is 78.1 Å². The molecule has 0 aliphatic carbocycles. The summed E-state index contributed by atoms with van der Waals surface area (Å²) in [6, 6.07) is 68.8. The van der Waals surface area contributed by atoms with Crippen molar-refractivity contribution < 1.29 is 20.1 Å². The second kappa shape index (κ2) is 27.7. The summed E-state index contributed by atoms with van der Waals surface area (Å²) in [6.45, 7) is 4.52. The predicted octanol–water partition coefficient (Wildman–Crippen LogP) is 15.7. The van der Waals surface area contributed by atoms with Gasteiger partial charge in [-0.15, -0.1) is 108 Å². The van der Waals surface area contributed by atoms with Crippen LogP contribution in [0.2, 0.25) is 0 Å². The summed E-state index contributed by atoms with van der Waals surface area (Å²) in [5.41, 5.74) is 13.6. The van der Waals surface area contributed by atoms with Gasteiger partial charge in [0.2, 0.25) is 0 Å². The van der Waals surface area contributed by atoms with Gasteiger partial charge in [-0.3, -0.25) is 0 Å². The van der Waals surface area contributed by atoms with Crippen LogP contribution in [0, 0.1) is 18.2 Å². The Kier molecular flexibility index (Phi) is 20.5. The number of unbranched alkanes of at least 4 members (excludes halogenated alkanes) is 6. The van der Waals surface area contributed by atoms with Gasteiger partial charge in [0.15, 0.2) is 5.82 Å². The van der Waals surface area contributed by atoms with Crippen LogP contribution in [-0.2, 0) is 32.9 Å². The van der Waals surface area contributed by atoms with Gasteiger partial charge in [0.25, 0.3) is 0 Å². The summed E-state index contributed by atoms with van der Waals surface area (Å²) in [4.78, 5) is 23.2. The molecule has 0 bridgehead atoms. The molecule has 0 N–H and O–H groups in total. The van der Waals surface area contributed by atoms with Crippen LogP contribution in [0.1, 0.15) is 76.3 Å². The van der Waals surface area contributed by atoms with Crippen LogP contribution in [0.5, 0.6) is 0 Å². The van der Waals surface area contributed by atoms with E-state index in [0.717, 1.165) is 74.7 Å². The molecule has 67 heavy (non-hydrogen) atoms. The van der Waals surface area contributed by atoms with Crippen LogP contribution in [0.15, 0.2) is 195 Å². The van der Waals surface area contributed by atoms with Crippen LogP contribution >= 0.6 is 0 Å². The number of hydrogen-bond donors (Lipinski definition) is 0. The normalized spacial score (nSPS) is 10.4. The first-order valence-corrected chi connectivity index (χ1v) is 23.4. The number of aryl methyl sites for hydroxylation is 2. The van der Waals surface area contributed by atoms with Crippen LogP contribution < -0.4 is 0 Å². The van der Waals surface area contributed by atoms with Crippen molar-refractivity contribution in [3.8, 4) is 67.7 Å². The molecular weight excluding hydrogens is 995 g/mol. The Hall–Kier alpha value is -6.72. The van der Waals surface area contributed by atoms with E-state index in [9.17, 15) is 0 Å². The molecule has 5 nitrogen and oxygen atoms in total. The zero-order valence-electron chi connectivity index (χ0n) is 38.6. The van der Waals surface area contributed by atoms with Gasteiger partial charge in [0, 0.05) is 35.3 Å². The summed E-state index contributed by atoms with van der Waals surface area (Å²) in [5, 5.41) is 0. The summed E-state index contributed by atoms with van der Waals surface area (Å²) in [6.07, 6.45) is 17.9. The molecule has 0 radical (unpaired) electrons. The maximum Gasteiger partial charge on any atom is 3.00 e. The van der Waals surface area contributed by atoms with E-state index in [0.29, 0.717) is 5.82 Å².